The van der Waals surface area contributed by atoms with Crippen molar-refractivity contribution >= 4 is 21.3 Å². The minimum atomic E-state index is -4.67. The summed E-state index contributed by atoms with van der Waals surface area (Å²) in [5.41, 5.74) is 1.06. The quantitative estimate of drug-likeness (QED) is 0.621. The van der Waals surface area contributed by atoms with Crippen molar-refractivity contribution in [1.82, 2.24) is 4.98 Å². The smallest absolute Gasteiger partial charge is 0.264 e. The van der Waals surface area contributed by atoms with Crippen LogP contribution in [0.3, 0.4) is 0 Å². The number of hydrogen-bond acceptors (Lipinski definition) is 4. The Labute approximate surface area is 96.8 Å². The topological polar surface area (TPSA) is 108 Å². The highest BCUT2D eigenvalue weighted by Gasteiger charge is 1.86. The Balaban J connectivity index is 0.000000315. The maximum absolute atomic E-state index is 8.74. The summed E-state index contributed by atoms with van der Waals surface area (Å²) < 4.78 is 40.1. The molecule has 2 aromatic rings. The normalized spacial score (nSPS) is 9.65. The third-order valence-electron chi connectivity index (χ3n) is 1.51. The van der Waals surface area contributed by atoms with Crippen LogP contribution in [0.15, 0.2) is 42.6 Å². The largest absolute Gasteiger partial charge is 0.394 e. The molecule has 0 fully saturated rings. The number of fused-ring (bicyclic) bond motifs is 1. The van der Waals surface area contributed by atoms with Crippen LogP contribution in [0.5, 0.6) is 0 Å². The zero-order valence-electron chi connectivity index (χ0n) is 8.43. The lowest BCUT2D eigenvalue weighted by molar-refractivity contribution is -0.0441. The van der Waals surface area contributed by atoms with Gasteiger partial charge in [0.25, 0.3) is 0 Å². The highest BCUT2D eigenvalue weighted by atomic mass is 32.3. The predicted molar refractivity (Wildman–Crippen MR) is 59.2 cm³/mol. The Kier molecular flexibility index (Phi) is 6.91. The molecule has 0 aliphatic rings. The van der Waals surface area contributed by atoms with Crippen molar-refractivity contribution in [2.75, 3.05) is 0 Å². The van der Waals surface area contributed by atoms with Gasteiger partial charge in [0, 0.05) is 11.6 Å². The van der Waals surface area contributed by atoms with E-state index in [1.54, 1.807) is 0 Å². The van der Waals surface area contributed by atoms with Gasteiger partial charge in [0.05, 0.1) is 5.52 Å². The highest BCUT2D eigenvalue weighted by molar-refractivity contribution is 7.79. The van der Waals surface area contributed by atoms with Crippen molar-refractivity contribution in [3.05, 3.63) is 42.6 Å². The second kappa shape index (κ2) is 7.63. The van der Waals surface area contributed by atoms with E-state index in [2.05, 4.69) is 17.1 Å². The molecule has 0 saturated carbocycles. The first-order valence-electron chi connectivity index (χ1n) is 4.13. The van der Waals surface area contributed by atoms with Crippen LogP contribution in [-0.2, 0) is 10.4 Å². The van der Waals surface area contributed by atoms with Crippen LogP contribution in [-0.4, -0.2) is 27.8 Å². The van der Waals surface area contributed by atoms with E-state index in [1.807, 2.05) is 30.5 Å². The molecule has 0 atom stereocenters. The molecule has 8 heteroatoms. The summed E-state index contributed by atoms with van der Waals surface area (Å²) in [6.45, 7) is 0. The van der Waals surface area contributed by atoms with E-state index < -0.39 is 10.4 Å². The number of nitrogens with zero attached hydrogens (tertiary/aromatic N) is 1. The summed E-state index contributed by atoms with van der Waals surface area (Å²) in [6.07, 6.45) is 1.81. The second-order valence-electron chi connectivity index (χ2n) is 2.64. The van der Waals surface area contributed by atoms with Crippen LogP contribution >= 0.6 is 0 Å². The van der Waals surface area contributed by atoms with Crippen LogP contribution in [0, 0.1) is 0 Å². The number of benzene rings is 1. The standard InChI is InChI=1S/C9H7N.FHO.H2O4S/c1-2-6-9-8(4-1)5-3-7-10-9;1-2;1-5(2,3)4/h1-7H;2H;(H2,1,2,3,4). The SMILES string of the molecule is O=S(=O)(O)O.OF.c1ccc2ncccc2c1. The summed E-state index contributed by atoms with van der Waals surface area (Å²) in [5, 5.41) is 6.70. The molecule has 0 amide bonds. The Morgan fingerprint density at radius 1 is 1.00 bits per heavy atom. The average molecular weight is 263 g/mol. The summed E-state index contributed by atoms with van der Waals surface area (Å²) in [5.74, 6) is 0. The van der Waals surface area contributed by atoms with Crippen molar-refractivity contribution in [1.29, 1.82) is 0 Å². The van der Waals surface area contributed by atoms with Gasteiger partial charge in [-0.3, -0.25) is 14.1 Å². The zero-order valence-corrected chi connectivity index (χ0v) is 9.25. The van der Waals surface area contributed by atoms with Crippen LogP contribution < -0.4 is 0 Å². The first kappa shape index (κ1) is 15.4. The van der Waals surface area contributed by atoms with Gasteiger partial charge in [0.15, 0.2) is 0 Å². The van der Waals surface area contributed by atoms with E-state index >= 15 is 0 Å². The molecule has 0 spiro atoms. The Hall–Kier alpha value is -1.61. The molecular formula is C9H10FNO5S. The van der Waals surface area contributed by atoms with E-state index in [1.165, 1.54) is 5.39 Å². The predicted octanol–water partition coefficient (Wildman–Crippen LogP) is 1.45. The van der Waals surface area contributed by atoms with E-state index in [-0.39, 0.29) is 0 Å². The molecule has 0 aliphatic heterocycles. The molecule has 94 valence electrons. The molecule has 1 heterocycles. The molecule has 0 bridgehead atoms. The van der Waals surface area contributed by atoms with Gasteiger partial charge < -0.3 is 0 Å². The second-order valence-corrected chi connectivity index (χ2v) is 3.54. The lowest BCUT2D eigenvalue weighted by Crippen LogP contribution is -1.89. The van der Waals surface area contributed by atoms with Crippen LogP contribution in [0.1, 0.15) is 0 Å². The van der Waals surface area contributed by atoms with Crippen molar-refractivity contribution in [2.45, 2.75) is 0 Å². The van der Waals surface area contributed by atoms with Crippen LogP contribution in [0.2, 0.25) is 0 Å². The van der Waals surface area contributed by atoms with E-state index in [0.29, 0.717) is 0 Å². The minimum Gasteiger partial charge on any atom is -0.264 e. The maximum atomic E-state index is 8.74. The first-order valence-corrected chi connectivity index (χ1v) is 5.53. The molecule has 3 N–H and O–H groups in total. The summed E-state index contributed by atoms with van der Waals surface area (Å²) in [7, 11) is -4.67. The summed E-state index contributed by atoms with van der Waals surface area (Å²) in [4.78, 5) is 4.18. The van der Waals surface area contributed by atoms with Gasteiger partial charge in [0.2, 0.25) is 0 Å². The van der Waals surface area contributed by atoms with Gasteiger partial charge in [-0.25, -0.2) is 5.31 Å². The lowest BCUT2D eigenvalue weighted by atomic mass is 10.2. The molecule has 1 aromatic heterocycles. The number of halogens is 1. The van der Waals surface area contributed by atoms with Crippen molar-refractivity contribution in [3.8, 4) is 0 Å². The number of hydrogen-bond donors (Lipinski definition) is 3. The van der Waals surface area contributed by atoms with E-state index in [0.717, 1.165) is 5.52 Å². The van der Waals surface area contributed by atoms with Gasteiger partial charge in [0.1, 0.15) is 0 Å². The third kappa shape index (κ3) is 8.22. The van der Waals surface area contributed by atoms with E-state index in [4.69, 9.17) is 27.4 Å². The van der Waals surface area contributed by atoms with Crippen molar-refractivity contribution in [2.24, 2.45) is 0 Å². The fraction of sp³-hybridized carbons (Fsp3) is 0. The van der Waals surface area contributed by atoms with Crippen LogP contribution in [0.4, 0.5) is 4.53 Å². The number of aromatic nitrogens is 1. The molecule has 0 unspecified atom stereocenters. The first-order chi connectivity index (χ1) is 7.97. The van der Waals surface area contributed by atoms with Gasteiger partial charge in [-0.1, -0.05) is 28.8 Å². The van der Waals surface area contributed by atoms with Crippen LogP contribution in [0.25, 0.3) is 10.9 Å². The minimum absolute atomic E-state index is 1.06. The van der Waals surface area contributed by atoms with Gasteiger partial charge >= 0.3 is 10.4 Å². The summed E-state index contributed by atoms with van der Waals surface area (Å²) >= 11 is 0. The van der Waals surface area contributed by atoms with Crippen molar-refractivity contribution in [3.63, 3.8) is 0 Å². The van der Waals surface area contributed by atoms with Crippen molar-refractivity contribution < 1.29 is 27.4 Å². The molecule has 0 saturated heterocycles. The Morgan fingerprint density at radius 3 is 2.00 bits per heavy atom. The Morgan fingerprint density at radius 2 is 1.47 bits per heavy atom. The molecule has 1 aromatic carbocycles. The molecule has 17 heavy (non-hydrogen) atoms. The van der Waals surface area contributed by atoms with E-state index in [9.17, 15) is 0 Å². The van der Waals surface area contributed by atoms with Gasteiger partial charge in [-0.15, -0.1) is 0 Å². The highest BCUT2D eigenvalue weighted by Crippen LogP contribution is 2.07. The molecular weight excluding hydrogens is 253 g/mol. The molecule has 6 nitrogen and oxygen atoms in total. The molecule has 2 rings (SSSR count). The van der Waals surface area contributed by atoms with Gasteiger partial charge in [-0.05, 0) is 12.1 Å². The zero-order chi connectivity index (χ0) is 13.3. The lowest BCUT2D eigenvalue weighted by Gasteiger charge is -1.91. The fourth-order valence-corrected chi connectivity index (χ4v) is 1.02. The monoisotopic (exact) mass is 263 g/mol. The number of pyridine rings is 1. The average Bonchev–Trinajstić information content (AvgIpc) is 2.30. The third-order valence-corrected chi connectivity index (χ3v) is 1.51. The number of para-hydroxylation sites is 1. The fourth-order valence-electron chi connectivity index (χ4n) is 1.02. The maximum Gasteiger partial charge on any atom is 0.394 e. The van der Waals surface area contributed by atoms with Gasteiger partial charge in [-0.2, -0.15) is 8.42 Å². The molecule has 0 radical (unpaired) electrons. The summed E-state index contributed by atoms with van der Waals surface area (Å²) in [6, 6.07) is 12.1. The molecule has 0 aliphatic carbocycles. The number of rotatable bonds is 0. The Bertz CT molecular complexity index is 472.